The molecule has 1 aromatic carbocycles. The molecule has 1 N–H and O–H groups in total. The standard InChI is InChI=1S/C17H22ClN5O.HI/c1-2-19-17(23-11-3-4-12-23)20-10-9-15-21-16(22-24-15)13-5-7-14(18)8-6-13;/h5-8H,2-4,9-12H2,1H3,(H,19,20);1H. The minimum absolute atomic E-state index is 0. The number of halogens is 2. The van der Waals surface area contributed by atoms with Crippen LogP contribution in [0.4, 0.5) is 0 Å². The average molecular weight is 476 g/mol. The second-order valence-corrected chi connectivity index (χ2v) is 6.13. The molecule has 2 aromatic rings. The van der Waals surface area contributed by atoms with Crippen molar-refractivity contribution in [1.29, 1.82) is 0 Å². The van der Waals surface area contributed by atoms with Gasteiger partial charge in [-0.15, -0.1) is 24.0 Å². The molecular weight excluding hydrogens is 453 g/mol. The van der Waals surface area contributed by atoms with E-state index < -0.39 is 0 Å². The van der Waals surface area contributed by atoms with E-state index in [9.17, 15) is 0 Å². The Labute approximate surface area is 170 Å². The van der Waals surface area contributed by atoms with Crippen LogP contribution in [0.15, 0.2) is 33.8 Å². The van der Waals surface area contributed by atoms with Crippen molar-refractivity contribution in [3.05, 3.63) is 35.2 Å². The molecule has 0 spiro atoms. The summed E-state index contributed by atoms with van der Waals surface area (Å²) in [6.07, 6.45) is 3.10. The number of likely N-dealkylation sites (tertiary alicyclic amines) is 1. The molecule has 2 heterocycles. The predicted molar refractivity (Wildman–Crippen MR) is 111 cm³/mol. The highest BCUT2D eigenvalue weighted by molar-refractivity contribution is 14.0. The number of benzene rings is 1. The zero-order chi connectivity index (χ0) is 16.8. The second kappa shape index (κ2) is 9.96. The Morgan fingerprint density at radius 3 is 2.68 bits per heavy atom. The second-order valence-electron chi connectivity index (χ2n) is 5.70. The third-order valence-electron chi connectivity index (χ3n) is 3.90. The Morgan fingerprint density at radius 2 is 2.00 bits per heavy atom. The SMILES string of the molecule is CCNC(=NCCc1nc(-c2ccc(Cl)cc2)no1)N1CCCC1.I. The third kappa shape index (κ3) is 5.57. The van der Waals surface area contributed by atoms with Crippen LogP contribution in [0.1, 0.15) is 25.7 Å². The maximum absolute atomic E-state index is 5.89. The van der Waals surface area contributed by atoms with Gasteiger partial charge in [-0.3, -0.25) is 4.99 Å². The van der Waals surface area contributed by atoms with Gasteiger partial charge in [-0.05, 0) is 44.0 Å². The molecule has 6 nitrogen and oxygen atoms in total. The Morgan fingerprint density at radius 1 is 1.28 bits per heavy atom. The Balaban J connectivity index is 0.00000225. The fourth-order valence-corrected chi connectivity index (χ4v) is 2.81. The lowest BCUT2D eigenvalue weighted by Gasteiger charge is -2.20. The monoisotopic (exact) mass is 475 g/mol. The molecule has 8 heteroatoms. The first-order chi connectivity index (χ1) is 11.8. The van der Waals surface area contributed by atoms with E-state index in [1.807, 2.05) is 24.3 Å². The van der Waals surface area contributed by atoms with Gasteiger partial charge in [-0.25, -0.2) is 0 Å². The number of nitrogens with zero attached hydrogens (tertiary/aromatic N) is 4. The van der Waals surface area contributed by atoms with E-state index in [1.165, 1.54) is 12.8 Å². The molecule has 0 atom stereocenters. The average Bonchev–Trinajstić information content (AvgIpc) is 3.27. The lowest BCUT2D eigenvalue weighted by molar-refractivity contribution is 0.380. The van der Waals surface area contributed by atoms with Crippen LogP contribution in [0.5, 0.6) is 0 Å². The largest absolute Gasteiger partial charge is 0.357 e. The maximum atomic E-state index is 5.89. The van der Waals surface area contributed by atoms with Crippen LogP contribution in [0, 0.1) is 0 Å². The molecule has 136 valence electrons. The van der Waals surface area contributed by atoms with Gasteiger partial charge >= 0.3 is 0 Å². The van der Waals surface area contributed by atoms with Crippen molar-refractivity contribution in [3.8, 4) is 11.4 Å². The van der Waals surface area contributed by atoms with E-state index in [4.69, 9.17) is 16.1 Å². The van der Waals surface area contributed by atoms with Crippen molar-refractivity contribution in [2.75, 3.05) is 26.2 Å². The molecule has 0 saturated carbocycles. The van der Waals surface area contributed by atoms with Crippen LogP contribution in [0.25, 0.3) is 11.4 Å². The molecule has 0 aliphatic carbocycles. The fraction of sp³-hybridized carbons (Fsp3) is 0.471. The van der Waals surface area contributed by atoms with Crippen molar-refractivity contribution in [2.45, 2.75) is 26.2 Å². The van der Waals surface area contributed by atoms with Gasteiger partial charge < -0.3 is 14.7 Å². The van der Waals surface area contributed by atoms with E-state index in [0.29, 0.717) is 29.7 Å². The first kappa shape index (κ1) is 20.0. The fourth-order valence-electron chi connectivity index (χ4n) is 2.68. The van der Waals surface area contributed by atoms with Gasteiger partial charge in [0.25, 0.3) is 0 Å². The Bertz CT molecular complexity index is 683. The van der Waals surface area contributed by atoms with Crippen molar-refractivity contribution in [2.24, 2.45) is 4.99 Å². The van der Waals surface area contributed by atoms with Gasteiger partial charge in [0.1, 0.15) is 0 Å². The zero-order valence-electron chi connectivity index (χ0n) is 14.2. The summed E-state index contributed by atoms with van der Waals surface area (Å²) in [5.74, 6) is 2.16. The van der Waals surface area contributed by atoms with E-state index >= 15 is 0 Å². The number of hydrogen-bond acceptors (Lipinski definition) is 4. The van der Waals surface area contributed by atoms with Crippen LogP contribution in [-0.4, -0.2) is 47.2 Å². The maximum Gasteiger partial charge on any atom is 0.228 e. The quantitative estimate of drug-likeness (QED) is 0.406. The molecule has 1 fully saturated rings. The van der Waals surface area contributed by atoms with Crippen LogP contribution < -0.4 is 5.32 Å². The van der Waals surface area contributed by atoms with E-state index in [-0.39, 0.29) is 24.0 Å². The lowest BCUT2D eigenvalue weighted by Crippen LogP contribution is -2.39. The molecule has 0 amide bonds. The van der Waals surface area contributed by atoms with Crippen LogP contribution >= 0.6 is 35.6 Å². The van der Waals surface area contributed by atoms with Crippen LogP contribution in [0.3, 0.4) is 0 Å². The smallest absolute Gasteiger partial charge is 0.228 e. The van der Waals surface area contributed by atoms with Crippen molar-refractivity contribution < 1.29 is 4.52 Å². The number of nitrogens with one attached hydrogen (secondary N) is 1. The molecule has 1 saturated heterocycles. The summed E-state index contributed by atoms with van der Waals surface area (Å²) >= 11 is 5.89. The van der Waals surface area contributed by atoms with E-state index in [2.05, 4.69) is 32.3 Å². The Kier molecular flexibility index (Phi) is 7.95. The molecule has 25 heavy (non-hydrogen) atoms. The van der Waals surface area contributed by atoms with Gasteiger partial charge in [0.15, 0.2) is 5.96 Å². The summed E-state index contributed by atoms with van der Waals surface area (Å²) in [7, 11) is 0. The van der Waals surface area contributed by atoms with E-state index in [1.54, 1.807) is 0 Å². The van der Waals surface area contributed by atoms with Gasteiger partial charge in [0.2, 0.25) is 11.7 Å². The van der Waals surface area contributed by atoms with Gasteiger partial charge in [0, 0.05) is 36.6 Å². The molecule has 3 rings (SSSR count). The molecule has 0 bridgehead atoms. The third-order valence-corrected chi connectivity index (χ3v) is 4.15. The highest BCUT2D eigenvalue weighted by Crippen LogP contribution is 2.18. The van der Waals surface area contributed by atoms with Crippen LogP contribution in [-0.2, 0) is 6.42 Å². The summed E-state index contributed by atoms with van der Waals surface area (Å²) in [6.45, 7) is 5.74. The predicted octanol–water partition coefficient (Wildman–Crippen LogP) is 3.61. The summed E-state index contributed by atoms with van der Waals surface area (Å²) in [5, 5.41) is 8.06. The highest BCUT2D eigenvalue weighted by Gasteiger charge is 2.15. The number of rotatable bonds is 5. The summed E-state index contributed by atoms with van der Waals surface area (Å²) in [5.41, 5.74) is 0.892. The van der Waals surface area contributed by atoms with Crippen molar-refractivity contribution >= 4 is 41.5 Å². The zero-order valence-corrected chi connectivity index (χ0v) is 17.3. The minimum Gasteiger partial charge on any atom is -0.357 e. The first-order valence-corrected chi connectivity index (χ1v) is 8.76. The van der Waals surface area contributed by atoms with E-state index in [0.717, 1.165) is 31.2 Å². The lowest BCUT2D eigenvalue weighted by atomic mass is 10.2. The summed E-state index contributed by atoms with van der Waals surface area (Å²) in [4.78, 5) is 11.4. The highest BCUT2D eigenvalue weighted by atomic mass is 127. The molecule has 0 unspecified atom stereocenters. The molecule has 1 aromatic heterocycles. The van der Waals surface area contributed by atoms with Crippen molar-refractivity contribution in [3.63, 3.8) is 0 Å². The van der Waals surface area contributed by atoms with Gasteiger partial charge in [-0.2, -0.15) is 4.98 Å². The summed E-state index contributed by atoms with van der Waals surface area (Å²) < 4.78 is 5.32. The number of aliphatic imine (C=N–C) groups is 1. The number of hydrogen-bond donors (Lipinski definition) is 1. The molecular formula is C17H23ClIN5O. The van der Waals surface area contributed by atoms with Gasteiger partial charge in [-0.1, -0.05) is 16.8 Å². The van der Waals surface area contributed by atoms with Crippen molar-refractivity contribution in [1.82, 2.24) is 20.4 Å². The molecule has 1 aliphatic rings. The molecule has 1 aliphatic heterocycles. The van der Waals surface area contributed by atoms with Gasteiger partial charge in [0.05, 0.1) is 6.54 Å². The minimum atomic E-state index is 0. The Hall–Kier alpha value is -1.35. The summed E-state index contributed by atoms with van der Waals surface area (Å²) in [6, 6.07) is 7.39. The van der Waals surface area contributed by atoms with Crippen LogP contribution in [0.2, 0.25) is 5.02 Å². The normalized spacial score (nSPS) is 14.5. The first-order valence-electron chi connectivity index (χ1n) is 8.38. The molecule has 0 radical (unpaired) electrons. The number of aromatic nitrogens is 2. The topological polar surface area (TPSA) is 66.5 Å². The number of guanidine groups is 1.